The Morgan fingerprint density at radius 2 is 1.85 bits per heavy atom. The minimum absolute atomic E-state index is 0.204. The third-order valence-corrected chi connectivity index (χ3v) is 3.84. The van der Waals surface area contributed by atoms with Gasteiger partial charge in [0.2, 0.25) is 0 Å². The van der Waals surface area contributed by atoms with Crippen LogP contribution in [0.25, 0.3) is 0 Å². The Bertz CT molecular complexity index is 364. The molecule has 2 aliphatic rings. The van der Waals surface area contributed by atoms with Crippen molar-refractivity contribution in [1.29, 1.82) is 0 Å². The largest absolute Gasteiger partial charge is 0.450 e. The number of amides is 1. The normalized spacial score (nSPS) is 26.4. The summed E-state index contributed by atoms with van der Waals surface area (Å²) < 4.78 is 5.04. The average molecular weight is 282 g/mol. The monoisotopic (exact) mass is 282 g/mol. The second kappa shape index (κ2) is 6.81. The first-order valence-corrected chi connectivity index (χ1v) is 7.63. The van der Waals surface area contributed by atoms with E-state index in [9.17, 15) is 4.79 Å². The zero-order valence-corrected chi connectivity index (χ0v) is 12.8. The van der Waals surface area contributed by atoms with E-state index in [1.165, 1.54) is 6.42 Å². The number of carbonyl (C=O) groups excluding carboxylic acids is 1. The van der Waals surface area contributed by atoms with Crippen LogP contribution in [0.4, 0.5) is 4.79 Å². The third-order valence-electron chi connectivity index (χ3n) is 3.84. The Kier molecular flexibility index (Phi) is 5.09. The maximum Gasteiger partial charge on any atom is 0.409 e. The van der Waals surface area contributed by atoms with Crippen LogP contribution in [-0.2, 0) is 4.74 Å². The van der Waals surface area contributed by atoms with Gasteiger partial charge in [-0.2, -0.15) is 0 Å². The van der Waals surface area contributed by atoms with Crippen LogP contribution in [0.1, 0.15) is 27.2 Å². The van der Waals surface area contributed by atoms with Gasteiger partial charge >= 0.3 is 6.09 Å². The molecule has 1 saturated heterocycles. The van der Waals surface area contributed by atoms with Crippen LogP contribution >= 0.6 is 0 Å². The van der Waals surface area contributed by atoms with Gasteiger partial charge in [0.25, 0.3) is 0 Å². The van der Waals surface area contributed by atoms with Gasteiger partial charge in [-0.3, -0.25) is 4.99 Å². The number of rotatable bonds is 3. The zero-order valence-electron chi connectivity index (χ0n) is 12.8. The highest BCUT2D eigenvalue weighted by Crippen LogP contribution is 2.29. The summed E-state index contributed by atoms with van der Waals surface area (Å²) in [6.45, 7) is 10.4. The molecule has 2 rings (SSSR count). The molecule has 0 aromatic heterocycles. The SMILES string of the molecule is CCN=C(NC1CC1C)N1CCN(C(=O)OCC)CC1. The Hall–Kier alpha value is -1.46. The van der Waals surface area contributed by atoms with E-state index in [-0.39, 0.29) is 6.09 Å². The molecule has 1 aliphatic carbocycles. The molecule has 6 nitrogen and oxygen atoms in total. The van der Waals surface area contributed by atoms with E-state index in [1.807, 2.05) is 13.8 Å². The van der Waals surface area contributed by atoms with Gasteiger partial charge in [-0.1, -0.05) is 6.92 Å². The quantitative estimate of drug-likeness (QED) is 0.623. The van der Waals surface area contributed by atoms with Crippen LogP contribution in [-0.4, -0.2) is 67.2 Å². The van der Waals surface area contributed by atoms with Crippen LogP contribution in [0.5, 0.6) is 0 Å². The molecule has 2 unspecified atom stereocenters. The predicted octanol–water partition coefficient (Wildman–Crippen LogP) is 1.13. The Labute approximate surface area is 121 Å². The smallest absolute Gasteiger partial charge is 0.409 e. The lowest BCUT2D eigenvalue weighted by atomic mass is 10.3. The summed E-state index contributed by atoms with van der Waals surface area (Å²) in [5.74, 6) is 1.74. The van der Waals surface area contributed by atoms with E-state index in [0.29, 0.717) is 25.7 Å². The van der Waals surface area contributed by atoms with E-state index in [2.05, 4.69) is 22.1 Å². The summed E-state index contributed by atoms with van der Waals surface area (Å²) in [6.07, 6.45) is 1.02. The molecule has 1 aliphatic heterocycles. The fourth-order valence-electron chi connectivity index (χ4n) is 2.39. The minimum atomic E-state index is -0.204. The molecule has 20 heavy (non-hydrogen) atoms. The summed E-state index contributed by atoms with van der Waals surface area (Å²) >= 11 is 0. The fourth-order valence-corrected chi connectivity index (χ4v) is 2.39. The van der Waals surface area contributed by atoms with Crippen molar-refractivity contribution in [2.24, 2.45) is 10.9 Å². The highest BCUT2D eigenvalue weighted by Gasteiger charge is 2.34. The molecule has 0 aromatic carbocycles. The highest BCUT2D eigenvalue weighted by atomic mass is 16.6. The van der Waals surface area contributed by atoms with Gasteiger partial charge in [0.1, 0.15) is 0 Å². The van der Waals surface area contributed by atoms with Crippen molar-refractivity contribution < 1.29 is 9.53 Å². The zero-order chi connectivity index (χ0) is 14.5. The lowest BCUT2D eigenvalue weighted by Crippen LogP contribution is -2.54. The van der Waals surface area contributed by atoms with Crippen LogP contribution in [0.3, 0.4) is 0 Å². The summed E-state index contributed by atoms with van der Waals surface area (Å²) in [5, 5.41) is 3.52. The number of piperazine rings is 1. The topological polar surface area (TPSA) is 57.2 Å². The predicted molar refractivity (Wildman–Crippen MR) is 78.8 cm³/mol. The van der Waals surface area contributed by atoms with E-state index >= 15 is 0 Å². The van der Waals surface area contributed by atoms with Gasteiger partial charge < -0.3 is 19.9 Å². The maximum absolute atomic E-state index is 11.7. The summed E-state index contributed by atoms with van der Waals surface area (Å²) in [5.41, 5.74) is 0. The van der Waals surface area contributed by atoms with Crippen molar-refractivity contribution in [2.75, 3.05) is 39.3 Å². The fraction of sp³-hybridized carbons (Fsp3) is 0.857. The molecule has 114 valence electrons. The lowest BCUT2D eigenvalue weighted by molar-refractivity contribution is 0.0914. The number of hydrogen-bond donors (Lipinski definition) is 1. The van der Waals surface area contributed by atoms with E-state index < -0.39 is 0 Å². The summed E-state index contributed by atoms with van der Waals surface area (Å²) in [6, 6.07) is 0.573. The van der Waals surface area contributed by atoms with Gasteiger partial charge in [-0.05, 0) is 26.2 Å². The minimum Gasteiger partial charge on any atom is -0.450 e. The van der Waals surface area contributed by atoms with Crippen molar-refractivity contribution in [2.45, 2.75) is 33.2 Å². The Morgan fingerprint density at radius 3 is 2.35 bits per heavy atom. The number of hydrogen-bond acceptors (Lipinski definition) is 3. The van der Waals surface area contributed by atoms with Gasteiger partial charge in [-0.15, -0.1) is 0 Å². The molecule has 0 bridgehead atoms. The maximum atomic E-state index is 11.7. The van der Waals surface area contributed by atoms with Crippen LogP contribution in [0, 0.1) is 5.92 Å². The van der Waals surface area contributed by atoms with Gasteiger partial charge in [0, 0.05) is 38.8 Å². The number of aliphatic imine (C=N–C) groups is 1. The Morgan fingerprint density at radius 1 is 1.25 bits per heavy atom. The van der Waals surface area contributed by atoms with Crippen molar-refractivity contribution in [3.8, 4) is 0 Å². The first-order valence-electron chi connectivity index (χ1n) is 7.63. The second-order valence-electron chi connectivity index (χ2n) is 5.43. The van der Waals surface area contributed by atoms with E-state index in [1.54, 1.807) is 4.90 Å². The van der Waals surface area contributed by atoms with Gasteiger partial charge in [0.15, 0.2) is 5.96 Å². The molecule has 6 heteroatoms. The number of carbonyl (C=O) groups is 1. The molecule has 1 saturated carbocycles. The lowest BCUT2D eigenvalue weighted by Gasteiger charge is -2.36. The summed E-state index contributed by atoms with van der Waals surface area (Å²) in [4.78, 5) is 20.2. The first-order chi connectivity index (χ1) is 9.65. The molecule has 1 amide bonds. The van der Waals surface area contributed by atoms with Gasteiger partial charge in [0.05, 0.1) is 6.61 Å². The average Bonchev–Trinajstić information content (AvgIpc) is 3.14. The standard InChI is InChI=1S/C14H26N4O2/c1-4-15-13(16-12-10-11(12)3)17-6-8-18(9-7-17)14(19)20-5-2/h11-12H,4-10H2,1-3H3,(H,15,16). The molecular weight excluding hydrogens is 256 g/mol. The van der Waals surface area contributed by atoms with Crippen LogP contribution < -0.4 is 5.32 Å². The molecule has 0 radical (unpaired) electrons. The van der Waals surface area contributed by atoms with Crippen LogP contribution in [0.15, 0.2) is 4.99 Å². The molecule has 1 heterocycles. The molecule has 2 fully saturated rings. The molecule has 1 N–H and O–H groups in total. The number of guanidine groups is 1. The van der Waals surface area contributed by atoms with Crippen LogP contribution in [0.2, 0.25) is 0 Å². The number of nitrogens with one attached hydrogen (secondary N) is 1. The molecular formula is C14H26N4O2. The number of nitrogens with zero attached hydrogens (tertiary/aromatic N) is 3. The molecule has 2 atom stereocenters. The van der Waals surface area contributed by atoms with Crippen molar-refractivity contribution in [1.82, 2.24) is 15.1 Å². The summed E-state index contributed by atoms with van der Waals surface area (Å²) in [7, 11) is 0. The highest BCUT2D eigenvalue weighted by molar-refractivity contribution is 5.81. The van der Waals surface area contributed by atoms with Crippen molar-refractivity contribution in [3.63, 3.8) is 0 Å². The van der Waals surface area contributed by atoms with Gasteiger partial charge in [-0.25, -0.2) is 4.79 Å². The Balaban J connectivity index is 1.84. The molecule has 0 aromatic rings. The van der Waals surface area contributed by atoms with E-state index in [4.69, 9.17) is 4.74 Å². The second-order valence-corrected chi connectivity index (χ2v) is 5.43. The van der Waals surface area contributed by atoms with Crippen molar-refractivity contribution >= 4 is 12.1 Å². The molecule has 0 spiro atoms. The third kappa shape index (κ3) is 3.77. The van der Waals surface area contributed by atoms with Crippen molar-refractivity contribution in [3.05, 3.63) is 0 Å². The van der Waals surface area contributed by atoms with E-state index in [0.717, 1.165) is 31.5 Å². The first kappa shape index (κ1) is 14.9. The number of ether oxygens (including phenoxy) is 1.